The fraction of sp³-hybridized carbons (Fsp3) is 0.429. The number of hydrogen-bond donors (Lipinski definition) is 2. The Kier molecular flexibility index (Phi) is 5.43. The molecule has 4 nitrogen and oxygen atoms in total. The van der Waals surface area contributed by atoms with Gasteiger partial charge in [0, 0.05) is 5.56 Å². The van der Waals surface area contributed by atoms with E-state index in [1.807, 2.05) is 0 Å². The molecule has 20 heavy (non-hydrogen) atoms. The molecule has 0 aromatic heterocycles. The molecule has 2 rings (SSSR count). The van der Waals surface area contributed by atoms with Crippen LogP contribution in [0.2, 0.25) is 0 Å². The van der Waals surface area contributed by atoms with Crippen LogP contribution < -0.4 is 11.2 Å². The molecule has 3 N–H and O–H groups in total. The Morgan fingerprint density at radius 1 is 1.50 bits per heavy atom. The first-order valence-corrected chi connectivity index (χ1v) is 7.04. The third-order valence-corrected chi connectivity index (χ3v) is 3.33. The zero-order valence-electron chi connectivity index (χ0n) is 11.1. The van der Waals surface area contributed by atoms with E-state index in [0.29, 0.717) is 17.7 Å². The molecule has 0 saturated heterocycles. The lowest BCUT2D eigenvalue weighted by atomic mass is 10.1. The minimum Gasteiger partial charge on any atom is -0.375 e. The van der Waals surface area contributed by atoms with Crippen molar-refractivity contribution in [3.05, 3.63) is 35.1 Å². The second-order valence-electron chi connectivity index (χ2n) is 4.80. The van der Waals surface area contributed by atoms with Crippen LogP contribution in [-0.4, -0.2) is 17.4 Å². The number of nitrogens with two attached hydrogens (primary N) is 1. The lowest BCUT2D eigenvalue weighted by Crippen LogP contribution is -2.24. The van der Waals surface area contributed by atoms with Crippen molar-refractivity contribution in [3.8, 4) is 0 Å². The summed E-state index contributed by atoms with van der Waals surface area (Å²) in [5, 5.41) is 3.85. The summed E-state index contributed by atoms with van der Waals surface area (Å²) < 4.78 is 19.6. The quantitative estimate of drug-likeness (QED) is 0.498. The normalized spacial score (nSPS) is 15.8. The first-order chi connectivity index (χ1) is 9.65. The zero-order chi connectivity index (χ0) is 14.4. The van der Waals surface area contributed by atoms with E-state index in [2.05, 4.69) is 22.7 Å². The summed E-state index contributed by atoms with van der Waals surface area (Å²) in [4.78, 5) is 0. The number of benzene rings is 1. The average molecular weight is 295 g/mol. The van der Waals surface area contributed by atoms with Gasteiger partial charge in [-0.1, -0.05) is 25.0 Å². The van der Waals surface area contributed by atoms with Crippen LogP contribution in [0.1, 0.15) is 36.8 Å². The smallest absolute Gasteiger partial charge is 0.184 e. The summed E-state index contributed by atoms with van der Waals surface area (Å²) in [6.45, 7) is 0.319. The van der Waals surface area contributed by atoms with Gasteiger partial charge in [-0.3, -0.25) is 5.43 Å². The van der Waals surface area contributed by atoms with Gasteiger partial charge < -0.3 is 10.5 Å². The van der Waals surface area contributed by atoms with E-state index in [4.69, 9.17) is 10.5 Å². The molecule has 0 atom stereocenters. The SMILES string of the molecule is NC(=S)NN=Cc1ccc(COC2CCCC2)c(F)c1. The van der Waals surface area contributed by atoms with E-state index in [-0.39, 0.29) is 17.0 Å². The van der Waals surface area contributed by atoms with Gasteiger partial charge in [-0.2, -0.15) is 5.10 Å². The molecule has 1 aromatic carbocycles. The maximum absolute atomic E-state index is 13.9. The Morgan fingerprint density at radius 2 is 2.25 bits per heavy atom. The molecule has 0 aliphatic heterocycles. The summed E-state index contributed by atoms with van der Waals surface area (Å²) in [5.74, 6) is -0.290. The van der Waals surface area contributed by atoms with Crippen LogP contribution in [0.25, 0.3) is 0 Å². The molecule has 0 bridgehead atoms. The van der Waals surface area contributed by atoms with Gasteiger partial charge in [0.05, 0.1) is 18.9 Å². The molecular weight excluding hydrogens is 277 g/mol. The van der Waals surface area contributed by atoms with E-state index in [1.54, 1.807) is 12.1 Å². The fourth-order valence-electron chi connectivity index (χ4n) is 2.19. The summed E-state index contributed by atoms with van der Waals surface area (Å²) in [6.07, 6.45) is 6.32. The number of hydrazone groups is 1. The van der Waals surface area contributed by atoms with Crippen molar-refractivity contribution in [1.82, 2.24) is 5.43 Å². The third-order valence-electron chi connectivity index (χ3n) is 3.24. The minimum absolute atomic E-state index is 0.0725. The predicted octanol–water partition coefficient (Wildman–Crippen LogP) is 2.45. The average Bonchev–Trinajstić information content (AvgIpc) is 2.90. The number of hydrogen-bond acceptors (Lipinski definition) is 3. The van der Waals surface area contributed by atoms with E-state index in [9.17, 15) is 4.39 Å². The highest BCUT2D eigenvalue weighted by molar-refractivity contribution is 7.80. The van der Waals surface area contributed by atoms with Crippen LogP contribution in [0, 0.1) is 5.82 Å². The highest BCUT2D eigenvalue weighted by Gasteiger charge is 2.15. The van der Waals surface area contributed by atoms with Crippen LogP contribution >= 0.6 is 12.2 Å². The van der Waals surface area contributed by atoms with Crippen LogP contribution in [-0.2, 0) is 11.3 Å². The Balaban J connectivity index is 1.91. The summed E-state index contributed by atoms with van der Waals surface area (Å²) in [7, 11) is 0. The lowest BCUT2D eigenvalue weighted by Gasteiger charge is -2.11. The molecular formula is C14H18FN3OS. The van der Waals surface area contributed by atoms with E-state index in [1.165, 1.54) is 25.1 Å². The molecule has 1 saturated carbocycles. The second kappa shape index (κ2) is 7.31. The third kappa shape index (κ3) is 4.54. The van der Waals surface area contributed by atoms with Gasteiger partial charge >= 0.3 is 0 Å². The van der Waals surface area contributed by atoms with Crippen molar-refractivity contribution in [2.45, 2.75) is 38.4 Å². The number of nitrogens with zero attached hydrogens (tertiary/aromatic N) is 1. The molecule has 0 radical (unpaired) electrons. The van der Waals surface area contributed by atoms with E-state index >= 15 is 0 Å². The molecule has 6 heteroatoms. The fourth-order valence-corrected chi connectivity index (χ4v) is 2.25. The van der Waals surface area contributed by atoms with Gasteiger partial charge in [0.15, 0.2) is 5.11 Å². The number of halogens is 1. The van der Waals surface area contributed by atoms with E-state index in [0.717, 1.165) is 12.8 Å². The molecule has 1 aromatic rings. The van der Waals surface area contributed by atoms with Gasteiger partial charge in [-0.25, -0.2) is 4.39 Å². The van der Waals surface area contributed by atoms with E-state index < -0.39 is 0 Å². The van der Waals surface area contributed by atoms with Crippen LogP contribution in [0.4, 0.5) is 4.39 Å². The molecule has 1 aliphatic carbocycles. The lowest BCUT2D eigenvalue weighted by molar-refractivity contribution is 0.0441. The largest absolute Gasteiger partial charge is 0.375 e. The van der Waals surface area contributed by atoms with Crippen molar-refractivity contribution in [1.29, 1.82) is 0 Å². The summed E-state index contributed by atoms with van der Waals surface area (Å²) in [6, 6.07) is 4.91. The zero-order valence-corrected chi connectivity index (χ0v) is 12.0. The molecule has 0 spiro atoms. The first kappa shape index (κ1) is 14.9. The topological polar surface area (TPSA) is 59.6 Å². The summed E-state index contributed by atoms with van der Waals surface area (Å²) >= 11 is 4.61. The first-order valence-electron chi connectivity index (χ1n) is 6.63. The van der Waals surface area contributed by atoms with Crippen LogP contribution in [0.15, 0.2) is 23.3 Å². The molecule has 0 amide bonds. The molecule has 108 valence electrons. The Hall–Kier alpha value is -1.53. The highest BCUT2D eigenvalue weighted by atomic mass is 32.1. The van der Waals surface area contributed by atoms with Gasteiger partial charge in [0.1, 0.15) is 5.82 Å². The van der Waals surface area contributed by atoms with Gasteiger partial charge in [-0.05, 0) is 36.7 Å². The Bertz CT molecular complexity index is 501. The van der Waals surface area contributed by atoms with Crippen molar-refractivity contribution in [2.75, 3.05) is 0 Å². The van der Waals surface area contributed by atoms with Crippen LogP contribution in [0.5, 0.6) is 0 Å². The molecule has 1 aliphatic rings. The molecule has 0 unspecified atom stereocenters. The second-order valence-corrected chi connectivity index (χ2v) is 5.24. The summed E-state index contributed by atoms with van der Waals surface area (Å²) in [5.41, 5.74) is 8.85. The van der Waals surface area contributed by atoms with Crippen LogP contribution in [0.3, 0.4) is 0 Å². The molecule has 0 heterocycles. The Morgan fingerprint density at radius 3 is 2.90 bits per heavy atom. The number of thiocarbonyl (C=S) groups is 1. The van der Waals surface area contributed by atoms with Gasteiger partial charge in [0.2, 0.25) is 0 Å². The van der Waals surface area contributed by atoms with Gasteiger partial charge in [-0.15, -0.1) is 0 Å². The number of rotatable bonds is 5. The maximum Gasteiger partial charge on any atom is 0.184 e. The monoisotopic (exact) mass is 295 g/mol. The number of nitrogens with one attached hydrogen (secondary N) is 1. The Labute approximate surface area is 123 Å². The van der Waals surface area contributed by atoms with Crippen molar-refractivity contribution >= 4 is 23.5 Å². The number of ether oxygens (including phenoxy) is 1. The maximum atomic E-state index is 13.9. The van der Waals surface area contributed by atoms with Crippen molar-refractivity contribution in [3.63, 3.8) is 0 Å². The van der Waals surface area contributed by atoms with Gasteiger partial charge in [0.25, 0.3) is 0 Å². The standard InChI is InChI=1S/C14H18FN3OS/c15-13-7-10(8-17-18-14(16)20)5-6-11(13)9-19-12-3-1-2-4-12/h5-8,12H,1-4,9H2,(H3,16,18,20). The molecule has 1 fully saturated rings. The predicted molar refractivity (Wildman–Crippen MR) is 81.0 cm³/mol. The van der Waals surface area contributed by atoms with Crippen molar-refractivity contribution < 1.29 is 9.13 Å². The highest BCUT2D eigenvalue weighted by Crippen LogP contribution is 2.22. The van der Waals surface area contributed by atoms with Crippen molar-refractivity contribution in [2.24, 2.45) is 10.8 Å². The minimum atomic E-state index is -0.290.